The van der Waals surface area contributed by atoms with Crippen LogP contribution in [0.15, 0.2) is 18.3 Å². The Balaban J connectivity index is 2.05. The van der Waals surface area contributed by atoms with Gasteiger partial charge < -0.3 is 5.73 Å². The van der Waals surface area contributed by atoms with Crippen LogP contribution in [0.5, 0.6) is 0 Å². The van der Waals surface area contributed by atoms with E-state index in [2.05, 4.69) is 16.8 Å². The molecule has 0 bridgehead atoms. The zero-order chi connectivity index (χ0) is 11.4. The van der Waals surface area contributed by atoms with Crippen LogP contribution in [0.2, 0.25) is 0 Å². The van der Waals surface area contributed by atoms with Gasteiger partial charge in [-0.2, -0.15) is 0 Å². The normalized spacial score (nSPS) is 22.9. The topological polar surface area (TPSA) is 42.2 Å². The summed E-state index contributed by atoms with van der Waals surface area (Å²) in [7, 11) is 0. The van der Waals surface area contributed by atoms with Crippen molar-refractivity contribution in [1.29, 1.82) is 0 Å². The number of aromatic nitrogens is 1. The van der Waals surface area contributed by atoms with Gasteiger partial charge >= 0.3 is 0 Å². The summed E-state index contributed by atoms with van der Waals surface area (Å²) in [5.74, 6) is 0. The van der Waals surface area contributed by atoms with Crippen LogP contribution in [0.25, 0.3) is 0 Å². The molecule has 1 unspecified atom stereocenters. The van der Waals surface area contributed by atoms with Crippen LogP contribution in [-0.2, 0) is 6.54 Å². The highest BCUT2D eigenvalue weighted by atomic mass is 15.2. The summed E-state index contributed by atoms with van der Waals surface area (Å²) in [6.07, 6.45) is 7.14. The molecule has 0 spiro atoms. The van der Waals surface area contributed by atoms with Crippen LogP contribution in [0, 0.1) is 0 Å². The van der Waals surface area contributed by atoms with Crippen molar-refractivity contribution < 1.29 is 0 Å². The van der Waals surface area contributed by atoms with Crippen LogP contribution in [0.3, 0.4) is 0 Å². The number of likely N-dealkylation sites (tertiary alicyclic amines) is 1. The third-order valence-corrected chi connectivity index (χ3v) is 3.47. The smallest absolute Gasteiger partial charge is 0.0772 e. The Labute approximate surface area is 97.7 Å². The zero-order valence-corrected chi connectivity index (χ0v) is 10.0. The van der Waals surface area contributed by atoms with Gasteiger partial charge in [-0.05, 0) is 38.4 Å². The highest BCUT2D eigenvalue weighted by molar-refractivity contribution is 5.41. The predicted octanol–water partition coefficient (Wildman–Crippen LogP) is 2.43. The molecule has 3 heteroatoms. The minimum atomic E-state index is 0.656. The Morgan fingerprint density at radius 1 is 1.44 bits per heavy atom. The zero-order valence-electron chi connectivity index (χ0n) is 10.0. The van der Waals surface area contributed by atoms with Gasteiger partial charge in [0.1, 0.15) is 0 Å². The van der Waals surface area contributed by atoms with Crippen molar-refractivity contribution in [2.45, 2.75) is 45.2 Å². The van der Waals surface area contributed by atoms with Gasteiger partial charge in [-0.25, -0.2) is 0 Å². The second-order valence-corrected chi connectivity index (χ2v) is 4.71. The number of nitrogens with two attached hydrogens (primary N) is 1. The SMILES string of the molecule is CC1CCCCCN1Cc1ncccc1N. The second-order valence-electron chi connectivity index (χ2n) is 4.71. The number of rotatable bonds is 2. The van der Waals surface area contributed by atoms with Crippen LogP contribution >= 0.6 is 0 Å². The van der Waals surface area contributed by atoms with Gasteiger partial charge in [-0.15, -0.1) is 0 Å². The number of hydrogen-bond acceptors (Lipinski definition) is 3. The monoisotopic (exact) mass is 219 g/mol. The van der Waals surface area contributed by atoms with Gasteiger partial charge in [0, 0.05) is 18.8 Å². The number of pyridine rings is 1. The van der Waals surface area contributed by atoms with E-state index in [-0.39, 0.29) is 0 Å². The third-order valence-electron chi connectivity index (χ3n) is 3.47. The highest BCUT2D eigenvalue weighted by Gasteiger charge is 2.17. The molecule has 2 rings (SSSR count). The molecule has 2 heterocycles. The molecule has 2 N–H and O–H groups in total. The second kappa shape index (κ2) is 5.30. The van der Waals surface area contributed by atoms with Crippen LogP contribution in [0.1, 0.15) is 38.3 Å². The van der Waals surface area contributed by atoms with E-state index in [1.165, 1.54) is 32.2 Å². The summed E-state index contributed by atoms with van der Waals surface area (Å²) in [5, 5.41) is 0. The van der Waals surface area contributed by atoms with Gasteiger partial charge in [-0.3, -0.25) is 9.88 Å². The molecule has 3 nitrogen and oxygen atoms in total. The van der Waals surface area contributed by atoms with Gasteiger partial charge in [0.15, 0.2) is 0 Å². The minimum Gasteiger partial charge on any atom is -0.397 e. The Hall–Kier alpha value is -1.09. The summed E-state index contributed by atoms with van der Waals surface area (Å²) in [6.45, 7) is 4.38. The van der Waals surface area contributed by atoms with Crippen molar-refractivity contribution in [2.75, 3.05) is 12.3 Å². The maximum absolute atomic E-state index is 5.93. The van der Waals surface area contributed by atoms with Crippen molar-refractivity contribution in [3.63, 3.8) is 0 Å². The molecule has 0 saturated carbocycles. The first kappa shape index (κ1) is 11.4. The molecule has 0 aliphatic carbocycles. The molecule has 88 valence electrons. The summed E-state index contributed by atoms with van der Waals surface area (Å²) in [4.78, 5) is 6.88. The first-order chi connectivity index (χ1) is 7.77. The standard InChI is InChI=1S/C13H21N3/c1-11-6-3-2-4-9-16(11)10-13-12(14)7-5-8-15-13/h5,7-8,11H,2-4,6,9-10,14H2,1H3. The van der Waals surface area contributed by atoms with Crippen LogP contribution < -0.4 is 5.73 Å². The van der Waals surface area contributed by atoms with Crippen molar-refractivity contribution in [1.82, 2.24) is 9.88 Å². The van der Waals surface area contributed by atoms with Crippen LogP contribution in [0.4, 0.5) is 5.69 Å². The Bertz CT molecular complexity index is 338. The summed E-state index contributed by atoms with van der Waals surface area (Å²) in [6, 6.07) is 4.49. The Morgan fingerprint density at radius 3 is 3.12 bits per heavy atom. The van der Waals surface area contributed by atoms with Gasteiger partial charge in [0.25, 0.3) is 0 Å². The molecule has 1 aromatic rings. The van der Waals surface area contributed by atoms with E-state index in [4.69, 9.17) is 5.73 Å². The van der Waals surface area contributed by atoms with E-state index >= 15 is 0 Å². The minimum absolute atomic E-state index is 0.656. The molecule has 16 heavy (non-hydrogen) atoms. The number of hydrogen-bond donors (Lipinski definition) is 1. The third kappa shape index (κ3) is 2.73. The van der Waals surface area contributed by atoms with E-state index < -0.39 is 0 Å². The molecule has 1 fully saturated rings. The predicted molar refractivity (Wildman–Crippen MR) is 67.0 cm³/mol. The maximum Gasteiger partial charge on any atom is 0.0772 e. The number of anilines is 1. The van der Waals surface area contributed by atoms with Crippen molar-refractivity contribution in [3.05, 3.63) is 24.0 Å². The van der Waals surface area contributed by atoms with E-state index in [0.29, 0.717) is 6.04 Å². The molecular formula is C13H21N3. The molecule has 0 aromatic carbocycles. The largest absolute Gasteiger partial charge is 0.397 e. The molecule has 1 aliphatic heterocycles. The fourth-order valence-corrected chi connectivity index (χ4v) is 2.34. The average molecular weight is 219 g/mol. The maximum atomic E-state index is 5.93. The van der Waals surface area contributed by atoms with Crippen molar-refractivity contribution in [3.8, 4) is 0 Å². The lowest BCUT2D eigenvalue weighted by Crippen LogP contribution is -2.32. The molecule has 0 amide bonds. The first-order valence-electron chi connectivity index (χ1n) is 6.21. The van der Waals surface area contributed by atoms with E-state index in [9.17, 15) is 0 Å². The van der Waals surface area contributed by atoms with Gasteiger partial charge in [0.2, 0.25) is 0 Å². The molecular weight excluding hydrogens is 198 g/mol. The lowest BCUT2D eigenvalue weighted by Gasteiger charge is -2.26. The van der Waals surface area contributed by atoms with Crippen molar-refractivity contribution in [2.24, 2.45) is 0 Å². The summed E-state index contributed by atoms with van der Waals surface area (Å²) in [5.41, 5.74) is 7.78. The summed E-state index contributed by atoms with van der Waals surface area (Å²) < 4.78 is 0. The molecule has 0 radical (unpaired) electrons. The van der Waals surface area contributed by atoms with Gasteiger partial charge in [0.05, 0.1) is 11.4 Å². The lowest BCUT2D eigenvalue weighted by atomic mass is 10.1. The fraction of sp³-hybridized carbons (Fsp3) is 0.615. The van der Waals surface area contributed by atoms with Crippen LogP contribution in [-0.4, -0.2) is 22.5 Å². The quantitative estimate of drug-likeness (QED) is 0.830. The van der Waals surface area contributed by atoms with Gasteiger partial charge in [-0.1, -0.05) is 12.8 Å². The first-order valence-corrected chi connectivity index (χ1v) is 6.21. The highest BCUT2D eigenvalue weighted by Crippen LogP contribution is 2.19. The number of nitrogens with zero attached hydrogens (tertiary/aromatic N) is 2. The fourth-order valence-electron chi connectivity index (χ4n) is 2.34. The molecule has 1 saturated heterocycles. The molecule has 1 atom stereocenters. The van der Waals surface area contributed by atoms with E-state index in [0.717, 1.165) is 17.9 Å². The number of nitrogen functional groups attached to an aromatic ring is 1. The lowest BCUT2D eigenvalue weighted by molar-refractivity contribution is 0.203. The molecule has 1 aromatic heterocycles. The summed E-state index contributed by atoms with van der Waals surface area (Å²) >= 11 is 0. The average Bonchev–Trinajstić information content (AvgIpc) is 2.48. The Kier molecular flexibility index (Phi) is 3.78. The van der Waals surface area contributed by atoms with E-state index in [1.54, 1.807) is 0 Å². The van der Waals surface area contributed by atoms with E-state index in [1.807, 2.05) is 18.3 Å². The van der Waals surface area contributed by atoms with Crippen molar-refractivity contribution >= 4 is 5.69 Å². The Morgan fingerprint density at radius 2 is 2.31 bits per heavy atom. The molecule has 1 aliphatic rings.